The smallest absolute Gasteiger partial charge is 0.255 e. The van der Waals surface area contributed by atoms with Gasteiger partial charge in [-0.15, -0.1) is 0 Å². The lowest BCUT2D eigenvalue weighted by Gasteiger charge is -2.13. The molecule has 7 heteroatoms. The van der Waals surface area contributed by atoms with E-state index in [1.165, 1.54) is 0 Å². The molecule has 0 aliphatic rings. The minimum atomic E-state index is -0.246. The topological polar surface area (TPSA) is 82.8 Å². The largest absolute Gasteiger partial charge is 0.497 e. The van der Waals surface area contributed by atoms with Gasteiger partial charge in [0, 0.05) is 12.1 Å². The summed E-state index contributed by atoms with van der Waals surface area (Å²) in [6.45, 7) is 4.25. The molecular formula is C22H24N2O5. The van der Waals surface area contributed by atoms with E-state index in [-0.39, 0.29) is 19.1 Å². The van der Waals surface area contributed by atoms with Crippen molar-refractivity contribution in [2.24, 2.45) is 0 Å². The number of hydrogen-bond acceptors (Lipinski definition) is 6. The van der Waals surface area contributed by atoms with E-state index >= 15 is 0 Å². The molecule has 7 nitrogen and oxygen atoms in total. The Balaban J connectivity index is 1.72. The minimum absolute atomic E-state index is 0.246. The van der Waals surface area contributed by atoms with Gasteiger partial charge in [-0.2, -0.15) is 0 Å². The zero-order valence-corrected chi connectivity index (χ0v) is 16.9. The van der Waals surface area contributed by atoms with Crippen LogP contribution in [0.3, 0.4) is 0 Å². The van der Waals surface area contributed by atoms with Gasteiger partial charge in [0.1, 0.15) is 29.6 Å². The van der Waals surface area contributed by atoms with Crippen molar-refractivity contribution in [3.05, 3.63) is 70.6 Å². The number of aryl methyl sites for hydroxylation is 2. The Morgan fingerprint density at radius 3 is 2.55 bits per heavy atom. The number of carbonyl (C=O) groups excluding carboxylic acids is 1. The van der Waals surface area contributed by atoms with Gasteiger partial charge in [0.05, 0.1) is 31.0 Å². The fraction of sp³-hybridized carbons (Fsp3) is 0.273. The predicted octanol–water partition coefficient (Wildman–Crippen LogP) is 3.82. The second-order valence-electron chi connectivity index (χ2n) is 6.45. The monoisotopic (exact) mass is 396 g/mol. The molecule has 0 aliphatic carbocycles. The maximum Gasteiger partial charge on any atom is 0.255 e. The Morgan fingerprint density at radius 2 is 1.86 bits per heavy atom. The van der Waals surface area contributed by atoms with Crippen molar-refractivity contribution >= 4 is 5.91 Å². The van der Waals surface area contributed by atoms with Crippen LogP contribution >= 0.6 is 0 Å². The number of methoxy groups -OCH3 is 2. The van der Waals surface area contributed by atoms with Crippen molar-refractivity contribution < 1.29 is 23.5 Å². The SMILES string of the molecule is COc1ccc(OC)c(CNC(=O)c2ccccc2OCc2c(C)noc2C)c1. The third-order valence-corrected chi connectivity index (χ3v) is 4.61. The Labute approximate surface area is 169 Å². The number of amides is 1. The number of hydrogen-bond donors (Lipinski definition) is 1. The van der Waals surface area contributed by atoms with E-state index in [1.54, 1.807) is 38.5 Å². The number of ether oxygens (including phenoxy) is 3. The van der Waals surface area contributed by atoms with Gasteiger partial charge in [0.2, 0.25) is 0 Å². The number of para-hydroxylation sites is 1. The summed E-state index contributed by atoms with van der Waals surface area (Å²) in [5.41, 5.74) is 2.91. The first-order valence-corrected chi connectivity index (χ1v) is 9.16. The Morgan fingerprint density at radius 1 is 1.07 bits per heavy atom. The summed E-state index contributed by atoms with van der Waals surface area (Å²) in [5, 5.41) is 6.84. The molecule has 2 aromatic carbocycles. The normalized spacial score (nSPS) is 10.5. The third-order valence-electron chi connectivity index (χ3n) is 4.61. The predicted molar refractivity (Wildman–Crippen MR) is 107 cm³/mol. The summed E-state index contributed by atoms with van der Waals surface area (Å²) in [6, 6.07) is 12.6. The van der Waals surface area contributed by atoms with Crippen LogP contribution in [0.25, 0.3) is 0 Å². The molecule has 1 amide bonds. The van der Waals surface area contributed by atoms with Crippen LogP contribution in [0.5, 0.6) is 17.2 Å². The van der Waals surface area contributed by atoms with E-state index in [0.717, 1.165) is 16.8 Å². The standard InChI is InChI=1S/C22H24N2O5/c1-14-19(15(2)29-24-14)13-28-21-8-6-5-7-18(21)22(25)23-12-16-11-17(26-3)9-10-20(16)27-4/h5-11H,12-13H2,1-4H3,(H,23,25). The van der Waals surface area contributed by atoms with Crippen LogP contribution in [0.1, 0.15) is 32.9 Å². The summed E-state index contributed by atoms with van der Waals surface area (Å²) in [5.74, 6) is 2.31. The molecule has 0 atom stereocenters. The van der Waals surface area contributed by atoms with Crippen molar-refractivity contribution in [3.63, 3.8) is 0 Å². The number of benzene rings is 2. The quantitative estimate of drug-likeness (QED) is 0.623. The molecule has 0 aliphatic heterocycles. The summed E-state index contributed by atoms with van der Waals surface area (Å²) >= 11 is 0. The molecule has 1 heterocycles. The lowest BCUT2D eigenvalue weighted by atomic mass is 10.1. The molecule has 3 aromatic rings. The first-order valence-electron chi connectivity index (χ1n) is 9.16. The Bertz CT molecular complexity index is 977. The van der Waals surface area contributed by atoms with Gasteiger partial charge in [-0.1, -0.05) is 17.3 Å². The van der Waals surface area contributed by atoms with E-state index in [0.29, 0.717) is 28.6 Å². The molecule has 1 aromatic heterocycles. The van der Waals surface area contributed by atoms with Crippen LogP contribution in [0.15, 0.2) is 47.0 Å². The molecule has 0 radical (unpaired) electrons. The highest BCUT2D eigenvalue weighted by molar-refractivity contribution is 5.96. The van der Waals surface area contributed by atoms with Crippen LogP contribution in [-0.2, 0) is 13.2 Å². The van der Waals surface area contributed by atoms with Crippen molar-refractivity contribution in [2.45, 2.75) is 27.0 Å². The van der Waals surface area contributed by atoms with E-state index in [9.17, 15) is 4.79 Å². The number of rotatable bonds is 8. The molecule has 0 fully saturated rings. The Hall–Kier alpha value is -3.48. The van der Waals surface area contributed by atoms with Crippen molar-refractivity contribution in [3.8, 4) is 17.2 Å². The van der Waals surface area contributed by atoms with Gasteiger partial charge in [-0.05, 0) is 44.2 Å². The average Bonchev–Trinajstić information content (AvgIpc) is 3.07. The molecule has 0 saturated carbocycles. The molecule has 152 valence electrons. The molecule has 0 spiro atoms. The van der Waals surface area contributed by atoms with Crippen LogP contribution in [-0.4, -0.2) is 25.3 Å². The van der Waals surface area contributed by atoms with Crippen molar-refractivity contribution in [1.29, 1.82) is 0 Å². The van der Waals surface area contributed by atoms with Crippen LogP contribution in [0.2, 0.25) is 0 Å². The highest BCUT2D eigenvalue weighted by Crippen LogP contribution is 2.25. The molecule has 0 unspecified atom stereocenters. The molecular weight excluding hydrogens is 372 g/mol. The van der Waals surface area contributed by atoms with Gasteiger partial charge >= 0.3 is 0 Å². The number of nitrogens with one attached hydrogen (secondary N) is 1. The lowest BCUT2D eigenvalue weighted by molar-refractivity contribution is 0.0946. The second kappa shape index (κ2) is 9.14. The highest BCUT2D eigenvalue weighted by Gasteiger charge is 2.15. The molecule has 0 saturated heterocycles. The zero-order chi connectivity index (χ0) is 20.8. The van der Waals surface area contributed by atoms with E-state index in [4.69, 9.17) is 18.7 Å². The van der Waals surface area contributed by atoms with Crippen LogP contribution < -0.4 is 19.5 Å². The molecule has 3 rings (SSSR count). The van der Waals surface area contributed by atoms with E-state index in [2.05, 4.69) is 10.5 Å². The fourth-order valence-electron chi connectivity index (χ4n) is 2.93. The minimum Gasteiger partial charge on any atom is -0.497 e. The summed E-state index contributed by atoms with van der Waals surface area (Å²) in [4.78, 5) is 12.8. The van der Waals surface area contributed by atoms with Gasteiger partial charge in [0.15, 0.2) is 0 Å². The maximum absolute atomic E-state index is 12.8. The van der Waals surface area contributed by atoms with Crippen LogP contribution in [0, 0.1) is 13.8 Å². The fourth-order valence-corrected chi connectivity index (χ4v) is 2.93. The number of carbonyl (C=O) groups is 1. The van der Waals surface area contributed by atoms with Crippen molar-refractivity contribution in [1.82, 2.24) is 10.5 Å². The summed E-state index contributed by atoms with van der Waals surface area (Å²) in [7, 11) is 3.18. The first-order chi connectivity index (χ1) is 14.0. The van der Waals surface area contributed by atoms with E-state index < -0.39 is 0 Å². The van der Waals surface area contributed by atoms with Gasteiger partial charge in [-0.25, -0.2) is 0 Å². The lowest BCUT2D eigenvalue weighted by Crippen LogP contribution is -2.23. The number of nitrogens with zero attached hydrogens (tertiary/aromatic N) is 1. The molecule has 0 bridgehead atoms. The third kappa shape index (κ3) is 4.68. The summed E-state index contributed by atoms with van der Waals surface area (Å²) in [6.07, 6.45) is 0. The van der Waals surface area contributed by atoms with E-state index in [1.807, 2.05) is 32.0 Å². The van der Waals surface area contributed by atoms with Crippen LogP contribution in [0.4, 0.5) is 0 Å². The van der Waals surface area contributed by atoms with Gasteiger partial charge in [0.25, 0.3) is 5.91 Å². The highest BCUT2D eigenvalue weighted by atomic mass is 16.5. The molecule has 1 N–H and O–H groups in total. The second-order valence-corrected chi connectivity index (χ2v) is 6.45. The molecule has 29 heavy (non-hydrogen) atoms. The van der Waals surface area contributed by atoms with Gasteiger partial charge < -0.3 is 24.1 Å². The average molecular weight is 396 g/mol. The van der Waals surface area contributed by atoms with Gasteiger partial charge in [-0.3, -0.25) is 4.79 Å². The van der Waals surface area contributed by atoms with Crippen molar-refractivity contribution in [2.75, 3.05) is 14.2 Å². The first kappa shape index (κ1) is 20.3. The summed E-state index contributed by atoms with van der Waals surface area (Å²) < 4.78 is 21.7. The zero-order valence-electron chi connectivity index (χ0n) is 16.9. The Kier molecular flexibility index (Phi) is 6.39. The maximum atomic E-state index is 12.8. The number of aromatic nitrogens is 1.